The van der Waals surface area contributed by atoms with Crippen LogP contribution < -0.4 is 5.48 Å². The minimum absolute atomic E-state index is 0.326. The van der Waals surface area contributed by atoms with Gasteiger partial charge in [0.2, 0.25) is 0 Å². The molecular weight excluding hydrogens is 345 g/mol. The summed E-state index contributed by atoms with van der Waals surface area (Å²) in [4.78, 5) is 12.7. The zero-order chi connectivity index (χ0) is 19.2. The van der Waals surface area contributed by atoms with Crippen LogP contribution in [0, 0.1) is 19.7 Å². The zero-order valence-corrected chi connectivity index (χ0v) is 15.2. The van der Waals surface area contributed by atoms with Crippen LogP contribution in [0.2, 0.25) is 0 Å². The van der Waals surface area contributed by atoms with Crippen LogP contribution in [-0.4, -0.2) is 20.9 Å². The SMILES string of the molecule is Cc1ccc(-n2ncc3c2C[C@](C(=O)NO)(c2cccc(F)c2C)C3)cc1. The molecule has 5 nitrogen and oxygen atoms in total. The molecule has 1 atom stereocenters. The molecule has 1 aliphatic carbocycles. The molecule has 2 N–H and O–H groups in total. The fourth-order valence-corrected chi connectivity index (χ4v) is 4.03. The van der Waals surface area contributed by atoms with Crippen molar-refractivity contribution >= 4 is 5.91 Å². The number of benzene rings is 2. The zero-order valence-electron chi connectivity index (χ0n) is 15.2. The van der Waals surface area contributed by atoms with Gasteiger partial charge in [-0.2, -0.15) is 5.10 Å². The number of nitrogens with one attached hydrogen (secondary N) is 1. The fraction of sp³-hybridized carbons (Fsp3) is 0.238. The van der Waals surface area contributed by atoms with Gasteiger partial charge in [0.25, 0.3) is 5.91 Å². The van der Waals surface area contributed by atoms with Gasteiger partial charge in [0, 0.05) is 12.1 Å². The third-order valence-electron chi connectivity index (χ3n) is 5.51. The predicted octanol–water partition coefficient (Wildman–Crippen LogP) is 3.17. The van der Waals surface area contributed by atoms with E-state index in [4.69, 9.17) is 0 Å². The van der Waals surface area contributed by atoms with E-state index in [1.165, 1.54) is 6.07 Å². The molecule has 0 radical (unpaired) electrons. The number of carbonyl (C=O) groups is 1. The molecule has 2 aromatic carbocycles. The van der Waals surface area contributed by atoms with Gasteiger partial charge in [-0.1, -0.05) is 29.8 Å². The summed E-state index contributed by atoms with van der Waals surface area (Å²) in [5, 5.41) is 13.9. The number of rotatable bonds is 3. The lowest BCUT2D eigenvalue weighted by Crippen LogP contribution is -2.45. The monoisotopic (exact) mass is 365 g/mol. The largest absolute Gasteiger partial charge is 0.289 e. The lowest BCUT2D eigenvalue weighted by atomic mass is 9.75. The van der Waals surface area contributed by atoms with Gasteiger partial charge in [0.05, 0.1) is 17.3 Å². The molecule has 3 aromatic rings. The number of amides is 1. The maximum atomic E-state index is 14.2. The molecule has 0 unspecified atom stereocenters. The lowest BCUT2D eigenvalue weighted by molar-refractivity contribution is -0.135. The van der Waals surface area contributed by atoms with E-state index in [1.807, 2.05) is 35.9 Å². The lowest BCUT2D eigenvalue weighted by Gasteiger charge is -2.29. The Balaban J connectivity index is 1.83. The second kappa shape index (κ2) is 6.32. The van der Waals surface area contributed by atoms with Crippen LogP contribution in [-0.2, 0) is 23.1 Å². The Kier molecular flexibility index (Phi) is 4.08. The van der Waals surface area contributed by atoms with Crippen molar-refractivity contribution in [2.45, 2.75) is 32.1 Å². The molecule has 0 fully saturated rings. The minimum Gasteiger partial charge on any atom is -0.289 e. The van der Waals surface area contributed by atoms with Gasteiger partial charge >= 0.3 is 0 Å². The van der Waals surface area contributed by atoms with Crippen molar-refractivity contribution in [2.24, 2.45) is 0 Å². The number of halogens is 1. The van der Waals surface area contributed by atoms with E-state index in [2.05, 4.69) is 5.10 Å². The number of aryl methyl sites for hydroxylation is 1. The third-order valence-corrected chi connectivity index (χ3v) is 5.51. The van der Waals surface area contributed by atoms with Gasteiger partial charge in [-0.15, -0.1) is 0 Å². The second-order valence-corrected chi connectivity index (χ2v) is 7.15. The van der Waals surface area contributed by atoms with E-state index < -0.39 is 11.3 Å². The Morgan fingerprint density at radius 1 is 1.19 bits per heavy atom. The summed E-state index contributed by atoms with van der Waals surface area (Å²) in [5.74, 6) is -0.906. The van der Waals surface area contributed by atoms with Crippen molar-refractivity contribution in [1.29, 1.82) is 0 Å². The summed E-state index contributed by atoms with van der Waals surface area (Å²) in [6.45, 7) is 3.67. The first kappa shape index (κ1) is 17.4. The number of hydrogen-bond donors (Lipinski definition) is 2. The molecule has 1 aliphatic rings. The number of aromatic nitrogens is 2. The maximum Gasteiger partial charge on any atom is 0.254 e. The van der Waals surface area contributed by atoms with E-state index in [0.717, 1.165) is 22.5 Å². The first-order valence-electron chi connectivity index (χ1n) is 8.79. The highest BCUT2D eigenvalue weighted by Crippen LogP contribution is 2.42. The van der Waals surface area contributed by atoms with Crippen LogP contribution in [0.3, 0.4) is 0 Å². The molecule has 1 heterocycles. The number of hydrogen-bond acceptors (Lipinski definition) is 3. The number of hydroxylamine groups is 1. The molecule has 138 valence electrons. The Bertz CT molecular complexity index is 1030. The van der Waals surface area contributed by atoms with Gasteiger partial charge in [0.15, 0.2) is 0 Å². The van der Waals surface area contributed by atoms with E-state index in [9.17, 15) is 14.4 Å². The van der Waals surface area contributed by atoms with Gasteiger partial charge < -0.3 is 0 Å². The van der Waals surface area contributed by atoms with E-state index in [0.29, 0.717) is 24.0 Å². The minimum atomic E-state index is -1.07. The highest BCUT2D eigenvalue weighted by Gasteiger charge is 2.48. The maximum absolute atomic E-state index is 14.2. The molecule has 1 aromatic heterocycles. The van der Waals surface area contributed by atoms with Gasteiger partial charge in [-0.3, -0.25) is 10.0 Å². The Morgan fingerprint density at radius 3 is 2.63 bits per heavy atom. The fourth-order valence-electron chi connectivity index (χ4n) is 4.03. The molecule has 27 heavy (non-hydrogen) atoms. The Hall–Kier alpha value is -2.99. The van der Waals surface area contributed by atoms with Crippen molar-refractivity contribution in [1.82, 2.24) is 15.3 Å². The molecule has 6 heteroatoms. The van der Waals surface area contributed by atoms with Crippen LogP contribution >= 0.6 is 0 Å². The van der Waals surface area contributed by atoms with Crippen molar-refractivity contribution in [2.75, 3.05) is 0 Å². The van der Waals surface area contributed by atoms with Crippen LogP contribution in [0.1, 0.15) is 27.9 Å². The third kappa shape index (κ3) is 2.64. The Morgan fingerprint density at radius 2 is 1.93 bits per heavy atom. The standard InChI is InChI=1S/C21H20FN3O2/c1-13-6-8-16(9-7-13)25-19-11-21(20(26)24-27,10-15(19)12-23-25)17-4-3-5-18(22)14(17)2/h3-9,12,27H,10-11H2,1-2H3,(H,24,26)/t21-/m0/s1. The smallest absolute Gasteiger partial charge is 0.254 e. The molecule has 0 bridgehead atoms. The normalized spacial score (nSPS) is 18.4. The summed E-state index contributed by atoms with van der Waals surface area (Å²) in [6.07, 6.45) is 2.42. The van der Waals surface area contributed by atoms with Gasteiger partial charge in [-0.05, 0) is 55.2 Å². The molecule has 0 spiro atoms. The summed E-state index contributed by atoms with van der Waals surface area (Å²) >= 11 is 0. The van der Waals surface area contributed by atoms with Crippen molar-refractivity contribution < 1.29 is 14.4 Å². The van der Waals surface area contributed by atoms with Crippen LogP contribution in [0.15, 0.2) is 48.7 Å². The number of carbonyl (C=O) groups excluding carboxylic acids is 1. The molecule has 1 amide bonds. The Labute approximate surface area is 156 Å². The molecule has 0 saturated heterocycles. The molecule has 4 rings (SSSR count). The molecule has 0 aliphatic heterocycles. The van der Waals surface area contributed by atoms with Crippen molar-refractivity contribution in [3.63, 3.8) is 0 Å². The summed E-state index contributed by atoms with van der Waals surface area (Å²) < 4.78 is 16.0. The average Bonchev–Trinajstić information content (AvgIpc) is 3.22. The van der Waals surface area contributed by atoms with Crippen LogP contribution in [0.4, 0.5) is 4.39 Å². The van der Waals surface area contributed by atoms with Crippen molar-refractivity contribution in [3.05, 3.63) is 82.4 Å². The van der Waals surface area contributed by atoms with Crippen LogP contribution in [0.25, 0.3) is 5.69 Å². The highest BCUT2D eigenvalue weighted by atomic mass is 19.1. The average molecular weight is 365 g/mol. The van der Waals surface area contributed by atoms with E-state index in [-0.39, 0.29) is 5.82 Å². The predicted molar refractivity (Wildman–Crippen MR) is 98.5 cm³/mol. The second-order valence-electron chi connectivity index (χ2n) is 7.15. The molecule has 0 saturated carbocycles. The molecular formula is C21H20FN3O2. The first-order chi connectivity index (χ1) is 13.0. The first-order valence-corrected chi connectivity index (χ1v) is 8.79. The van der Waals surface area contributed by atoms with Gasteiger partial charge in [0.1, 0.15) is 5.82 Å². The summed E-state index contributed by atoms with van der Waals surface area (Å²) in [5.41, 5.74) is 5.59. The van der Waals surface area contributed by atoms with Gasteiger partial charge in [-0.25, -0.2) is 14.6 Å². The van der Waals surface area contributed by atoms with Crippen molar-refractivity contribution in [3.8, 4) is 5.69 Å². The summed E-state index contributed by atoms with van der Waals surface area (Å²) in [7, 11) is 0. The number of fused-ring (bicyclic) bond motifs is 1. The highest BCUT2D eigenvalue weighted by molar-refractivity contribution is 5.89. The topological polar surface area (TPSA) is 67.2 Å². The quantitative estimate of drug-likeness (QED) is 0.553. The summed E-state index contributed by atoms with van der Waals surface area (Å²) in [6, 6.07) is 12.7. The van der Waals surface area contributed by atoms with E-state index >= 15 is 0 Å². The van der Waals surface area contributed by atoms with E-state index in [1.54, 1.807) is 30.7 Å². The number of nitrogens with zero attached hydrogens (tertiary/aromatic N) is 2. The van der Waals surface area contributed by atoms with Crippen LogP contribution in [0.5, 0.6) is 0 Å².